The number of fused-ring (bicyclic) bond motifs is 2. The second kappa shape index (κ2) is 8.34. The Morgan fingerprint density at radius 1 is 1.16 bits per heavy atom. The van der Waals surface area contributed by atoms with Gasteiger partial charge >= 0.3 is 6.09 Å². The standard InChI is InChI=1S/C25H24N4O3/c1-17(23-13-19-9-5-6-10-21(19)27-23)32-25(31)28-12-11-22-20(15-28)24(30)29(16-26-22)14-18-7-3-2-4-8-18/h2-10,13,16-17,27H,11-12,14-15H2,1H3. The van der Waals surface area contributed by atoms with Crippen LogP contribution in [0.5, 0.6) is 0 Å². The molecule has 4 aromatic rings. The predicted octanol–water partition coefficient (Wildman–Crippen LogP) is 4.03. The highest BCUT2D eigenvalue weighted by molar-refractivity contribution is 5.80. The molecule has 5 rings (SSSR count). The number of carbonyl (C=O) groups excluding carboxylic acids is 1. The van der Waals surface area contributed by atoms with Crippen molar-refractivity contribution in [3.8, 4) is 0 Å². The molecule has 0 spiro atoms. The van der Waals surface area contributed by atoms with E-state index in [4.69, 9.17) is 4.74 Å². The van der Waals surface area contributed by atoms with Crippen molar-refractivity contribution >= 4 is 17.0 Å². The maximum atomic E-state index is 13.1. The Hall–Kier alpha value is -3.87. The summed E-state index contributed by atoms with van der Waals surface area (Å²) in [6.07, 6.45) is 1.27. The molecule has 0 fully saturated rings. The third-order valence-corrected chi connectivity index (χ3v) is 5.91. The van der Waals surface area contributed by atoms with Crippen LogP contribution in [0.1, 0.15) is 35.5 Å². The lowest BCUT2D eigenvalue weighted by Gasteiger charge is -2.28. The fraction of sp³-hybridized carbons (Fsp3) is 0.240. The molecule has 7 nitrogen and oxygen atoms in total. The van der Waals surface area contributed by atoms with Crippen LogP contribution in [0.15, 0.2) is 71.8 Å². The summed E-state index contributed by atoms with van der Waals surface area (Å²) in [6.45, 7) is 2.96. The third kappa shape index (κ3) is 3.89. The molecular weight excluding hydrogens is 404 g/mol. The lowest BCUT2D eigenvalue weighted by Crippen LogP contribution is -2.41. The van der Waals surface area contributed by atoms with E-state index in [1.807, 2.05) is 67.6 Å². The van der Waals surface area contributed by atoms with E-state index in [0.29, 0.717) is 25.1 Å². The molecule has 1 N–H and O–H groups in total. The van der Waals surface area contributed by atoms with Crippen LogP contribution in [-0.4, -0.2) is 32.1 Å². The number of H-pyrrole nitrogens is 1. The minimum absolute atomic E-state index is 0.111. The molecular formula is C25H24N4O3. The Morgan fingerprint density at radius 3 is 2.75 bits per heavy atom. The number of nitrogens with one attached hydrogen (secondary N) is 1. The van der Waals surface area contributed by atoms with Gasteiger partial charge in [-0.3, -0.25) is 9.36 Å². The molecule has 0 saturated carbocycles. The van der Waals surface area contributed by atoms with Crippen LogP contribution in [0.2, 0.25) is 0 Å². The molecule has 2 aromatic carbocycles. The minimum Gasteiger partial charge on any atom is -0.440 e. The van der Waals surface area contributed by atoms with Crippen LogP contribution in [0.3, 0.4) is 0 Å². The van der Waals surface area contributed by atoms with Crippen LogP contribution < -0.4 is 5.56 Å². The lowest BCUT2D eigenvalue weighted by atomic mass is 10.1. The van der Waals surface area contributed by atoms with E-state index in [-0.39, 0.29) is 12.1 Å². The van der Waals surface area contributed by atoms with Crippen LogP contribution in [-0.2, 0) is 24.2 Å². The van der Waals surface area contributed by atoms with Crippen molar-refractivity contribution in [1.29, 1.82) is 0 Å². The lowest BCUT2D eigenvalue weighted by molar-refractivity contribution is 0.0642. The average Bonchev–Trinajstić information content (AvgIpc) is 3.26. The predicted molar refractivity (Wildman–Crippen MR) is 121 cm³/mol. The molecule has 7 heteroatoms. The van der Waals surface area contributed by atoms with Crippen molar-refractivity contribution in [1.82, 2.24) is 19.4 Å². The van der Waals surface area contributed by atoms with Crippen molar-refractivity contribution in [2.45, 2.75) is 32.5 Å². The molecule has 1 aliphatic heterocycles. The van der Waals surface area contributed by atoms with Gasteiger partial charge in [0.1, 0.15) is 6.10 Å². The Balaban J connectivity index is 1.31. The summed E-state index contributed by atoms with van der Waals surface area (Å²) >= 11 is 0. The van der Waals surface area contributed by atoms with E-state index >= 15 is 0 Å². The largest absolute Gasteiger partial charge is 0.440 e. The number of amides is 1. The third-order valence-electron chi connectivity index (χ3n) is 5.91. The highest BCUT2D eigenvalue weighted by Crippen LogP contribution is 2.24. The van der Waals surface area contributed by atoms with E-state index in [0.717, 1.165) is 27.9 Å². The van der Waals surface area contributed by atoms with Gasteiger partial charge < -0.3 is 14.6 Å². The number of aromatic nitrogens is 3. The highest BCUT2D eigenvalue weighted by atomic mass is 16.6. The second-order valence-electron chi connectivity index (χ2n) is 8.10. The van der Waals surface area contributed by atoms with Gasteiger partial charge in [-0.15, -0.1) is 0 Å². The normalized spacial score (nSPS) is 14.2. The summed E-state index contributed by atoms with van der Waals surface area (Å²) in [5, 5.41) is 1.07. The van der Waals surface area contributed by atoms with Crippen molar-refractivity contribution in [2.24, 2.45) is 0 Å². The summed E-state index contributed by atoms with van der Waals surface area (Å²) < 4.78 is 7.31. The zero-order valence-corrected chi connectivity index (χ0v) is 17.8. The van der Waals surface area contributed by atoms with Gasteiger partial charge in [-0.2, -0.15) is 0 Å². The van der Waals surface area contributed by atoms with Crippen LogP contribution in [0.25, 0.3) is 10.9 Å². The number of ether oxygens (including phenoxy) is 1. The first-order valence-corrected chi connectivity index (χ1v) is 10.7. The number of rotatable bonds is 4. The van der Waals surface area contributed by atoms with E-state index in [1.165, 1.54) is 0 Å². The zero-order valence-electron chi connectivity index (χ0n) is 17.8. The molecule has 3 heterocycles. The molecule has 1 unspecified atom stereocenters. The topological polar surface area (TPSA) is 80.2 Å². The maximum Gasteiger partial charge on any atom is 0.410 e. The van der Waals surface area contributed by atoms with Crippen molar-refractivity contribution < 1.29 is 9.53 Å². The van der Waals surface area contributed by atoms with E-state index in [9.17, 15) is 9.59 Å². The van der Waals surface area contributed by atoms with Gasteiger partial charge in [0.2, 0.25) is 0 Å². The number of nitrogens with zero attached hydrogens (tertiary/aromatic N) is 3. The van der Waals surface area contributed by atoms with Gasteiger partial charge in [0.15, 0.2) is 0 Å². The monoisotopic (exact) mass is 428 g/mol. The molecule has 32 heavy (non-hydrogen) atoms. The van der Waals surface area contributed by atoms with E-state index in [1.54, 1.807) is 15.8 Å². The fourth-order valence-electron chi connectivity index (χ4n) is 4.10. The quantitative estimate of drug-likeness (QED) is 0.532. The van der Waals surface area contributed by atoms with Gasteiger partial charge in [0.25, 0.3) is 5.56 Å². The molecule has 1 amide bonds. The fourth-order valence-corrected chi connectivity index (χ4v) is 4.10. The zero-order chi connectivity index (χ0) is 22.1. The van der Waals surface area contributed by atoms with Gasteiger partial charge in [-0.25, -0.2) is 9.78 Å². The number of para-hydroxylation sites is 1. The first-order valence-electron chi connectivity index (χ1n) is 10.7. The molecule has 1 aliphatic rings. The maximum absolute atomic E-state index is 13.1. The molecule has 0 aliphatic carbocycles. The van der Waals surface area contributed by atoms with Gasteiger partial charge in [0.05, 0.1) is 36.4 Å². The number of hydrogen-bond donors (Lipinski definition) is 1. The average molecular weight is 428 g/mol. The Bertz CT molecular complexity index is 1290. The van der Waals surface area contributed by atoms with E-state index in [2.05, 4.69) is 9.97 Å². The van der Waals surface area contributed by atoms with Crippen LogP contribution in [0, 0.1) is 0 Å². The summed E-state index contributed by atoms with van der Waals surface area (Å²) in [7, 11) is 0. The van der Waals surface area contributed by atoms with Gasteiger partial charge in [0, 0.05) is 18.5 Å². The Kier molecular flexibility index (Phi) is 5.23. The molecule has 1 atom stereocenters. The van der Waals surface area contributed by atoms with Crippen molar-refractivity contribution in [2.75, 3.05) is 6.54 Å². The number of hydrogen-bond acceptors (Lipinski definition) is 4. The highest BCUT2D eigenvalue weighted by Gasteiger charge is 2.27. The number of aromatic amines is 1. The first-order chi connectivity index (χ1) is 15.6. The Labute approximate surface area is 185 Å². The molecule has 0 bridgehead atoms. The molecule has 2 aromatic heterocycles. The smallest absolute Gasteiger partial charge is 0.410 e. The number of carbonyl (C=O) groups is 1. The van der Waals surface area contributed by atoms with Crippen LogP contribution >= 0.6 is 0 Å². The van der Waals surface area contributed by atoms with Gasteiger partial charge in [-0.05, 0) is 30.0 Å². The molecule has 162 valence electrons. The van der Waals surface area contributed by atoms with Crippen molar-refractivity contribution in [3.05, 3.63) is 99.9 Å². The van der Waals surface area contributed by atoms with E-state index < -0.39 is 12.2 Å². The first kappa shape index (κ1) is 20.1. The summed E-state index contributed by atoms with van der Waals surface area (Å²) in [4.78, 5) is 35.3. The van der Waals surface area contributed by atoms with Gasteiger partial charge in [-0.1, -0.05) is 48.5 Å². The molecule has 0 saturated heterocycles. The summed E-state index contributed by atoms with van der Waals surface area (Å²) in [5.41, 5.74) is 4.07. The Morgan fingerprint density at radius 2 is 1.94 bits per heavy atom. The SMILES string of the molecule is CC(OC(=O)N1CCc2ncn(Cc3ccccc3)c(=O)c2C1)c1cc2ccccc2[nH]1. The van der Waals surface area contributed by atoms with Crippen molar-refractivity contribution in [3.63, 3.8) is 0 Å². The van der Waals surface area contributed by atoms with Crippen LogP contribution in [0.4, 0.5) is 4.79 Å². The number of benzene rings is 2. The minimum atomic E-state index is -0.431. The second-order valence-corrected chi connectivity index (χ2v) is 8.10. The summed E-state index contributed by atoms with van der Waals surface area (Å²) in [6, 6.07) is 19.7. The molecule has 0 radical (unpaired) electrons. The summed E-state index contributed by atoms with van der Waals surface area (Å²) in [5.74, 6) is 0.